The predicted octanol–water partition coefficient (Wildman–Crippen LogP) is 4.70. The number of methoxy groups -OCH3 is 1. The number of aryl methyl sites for hydroxylation is 1. The molecule has 1 heterocycles. The van der Waals surface area contributed by atoms with Crippen molar-refractivity contribution in [2.75, 3.05) is 7.11 Å². The van der Waals surface area contributed by atoms with Gasteiger partial charge in [-0.25, -0.2) is 4.42 Å². The highest BCUT2D eigenvalue weighted by atomic mass is 16.5. The summed E-state index contributed by atoms with van der Waals surface area (Å²) in [4.78, 5) is 0. The SMILES string of the molecule is COc1ccc2c(C)cc(-c3ccccc3)[o+]c2c1. The smallest absolute Gasteiger partial charge is 0.364 e. The Balaban J connectivity index is 2.23. The van der Waals surface area contributed by atoms with Gasteiger partial charge in [0, 0.05) is 6.07 Å². The Labute approximate surface area is 112 Å². The van der Waals surface area contributed by atoms with Gasteiger partial charge >= 0.3 is 11.3 Å². The van der Waals surface area contributed by atoms with Crippen LogP contribution in [0.15, 0.2) is 59.0 Å². The van der Waals surface area contributed by atoms with E-state index in [-0.39, 0.29) is 0 Å². The number of ether oxygens (including phenoxy) is 1. The van der Waals surface area contributed by atoms with E-state index in [2.05, 4.69) is 13.0 Å². The first kappa shape index (κ1) is 11.7. The van der Waals surface area contributed by atoms with Crippen molar-refractivity contribution in [2.45, 2.75) is 6.92 Å². The van der Waals surface area contributed by atoms with E-state index >= 15 is 0 Å². The van der Waals surface area contributed by atoms with Crippen LogP contribution in [0.1, 0.15) is 5.56 Å². The zero-order valence-corrected chi connectivity index (χ0v) is 11.0. The van der Waals surface area contributed by atoms with E-state index < -0.39 is 0 Å². The van der Waals surface area contributed by atoms with Crippen molar-refractivity contribution in [3.63, 3.8) is 0 Å². The second-order valence-corrected chi connectivity index (χ2v) is 4.52. The molecule has 3 rings (SSSR count). The van der Waals surface area contributed by atoms with E-state index in [1.165, 1.54) is 5.56 Å². The van der Waals surface area contributed by atoms with Crippen molar-refractivity contribution in [2.24, 2.45) is 0 Å². The zero-order valence-electron chi connectivity index (χ0n) is 11.0. The van der Waals surface area contributed by atoms with Crippen LogP contribution >= 0.6 is 0 Å². The average Bonchev–Trinajstić information content (AvgIpc) is 2.47. The Hall–Kier alpha value is -2.35. The maximum Gasteiger partial charge on any atom is 0.364 e. The summed E-state index contributed by atoms with van der Waals surface area (Å²) in [5, 5.41) is 1.11. The molecule has 0 amide bonds. The van der Waals surface area contributed by atoms with Crippen LogP contribution in [0.2, 0.25) is 0 Å². The van der Waals surface area contributed by atoms with E-state index in [9.17, 15) is 0 Å². The van der Waals surface area contributed by atoms with Gasteiger partial charge in [-0.1, -0.05) is 18.2 Å². The highest BCUT2D eigenvalue weighted by Crippen LogP contribution is 2.29. The third-order valence-electron chi connectivity index (χ3n) is 3.24. The highest BCUT2D eigenvalue weighted by Gasteiger charge is 2.17. The van der Waals surface area contributed by atoms with Crippen LogP contribution < -0.4 is 4.74 Å². The maximum absolute atomic E-state index is 5.99. The first-order chi connectivity index (χ1) is 9.28. The summed E-state index contributed by atoms with van der Waals surface area (Å²) >= 11 is 0. The Kier molecular flexibility index (Phi) is 2.92. The molecule has 0 aliphatic carbocycles. The normalized spacial score (nSPS) is 10.6. The molecule has 0 fully saturated rings. The van der Waals surface area contributed by atoms with Gasteiger partial charge in [-0.05, 0) is 36.8 Å². The fourth-order valence-corrected chi connectivity index (χ4v) is 2.21. The lowest BCUT2D eigenvalue weighted by Gasteiger charge is -2.00. The molecular formula is C17H15O2+. The number of benzene rings is 2. The fraction of sp³-hybridized carbons (Fsp3) is 0.118. The first-order valence-electron chi connectivity index (χ1n) is 6.25. The summed E-state index contributed by atoms with van der Waals surface area (Å²) in [7, 11) is 1.66. The number of hydrogen-bond donors (Lipinski definition) is 0. The van der Waals surface area contributed by atoms with E-state index in [0.29, 0.717) is 0 Å². The molecule has 0 spiro atoms. The molecule has 3 aromatic rings. The molecule has 2 nitrogen and oxygen atoms in total. The van der Waals surface area contributed by atoms with Gasteiger partial charge in [-0.3, -0.25) is 0 Å². The fourth-order valence-electron chi connectivity index (χ4n) is 2.21. The molecule has 0 atom stereocenters. The molecule has 94 valence electrons. The van der Waals surface area contributed by atoms with Gasteiger partial charge in [-0.2, -0.15) is 0 Å². The van der Waals surface area contributed by atoms with Crippen LogP contribution in [0.4, 0.5) is 0 Å². The Morgan fingerprint density at radius 3 is 2.47 bits per heavy atom. The summed E-state index contributed by atoms with van der Waals surface area (Å²) in [6.07, 6.45) is 0. The van der Waals surface area contributed by atoms with Gasteiger partial charge in [0.1, 0.15) is 5.75 Å². The van der Waals surface area contributed by atoms with Crippen molar-refractivity contribution < 1.29 is 9.15 Å². The monoisotopic (exact) mass is 251 g/mol. The molecule has 2 aromatic carbocycles. The average molecular weight is 251 g/mol. The molecule has 0 aliphatic heterocycles. The minimum absolute atomic E-state index is 0.806. The Morgan fingerprint density at radius 2 is 1.74 bits per heavy atom. The van der Waals surface area contributed by atoms with E-state index in [4.69, 9.17) is 9.15 Å². The number of hydrogen-bond acceptors (Lipinski definition) is 1. The lowest BCUT2D eigenvalue weighted by Crippen LogP contribution is -1.86. The van der Waals surface area contributed by atoms with Crippen molar-refractivity contribution in [1.29, 1.82) is 0 Å². The second-order valence-electron chi connectivity index (χ2n) is 4.52. The van der Waals surface area contributed by atoms with Gasteiger partial charge in [-0.15, -0.1) is 0 Å². The van der Waals surface area contributed by atoms with Crippen LogP contribution in [-0.2, 0) is 0 Å². The summed E-state index contributed by atoms with van der Waals surface area (Å²) in [6.45, 7) is 2.09. The molecule has 1 aromatic heterocycles. The molecule has 2 heteroatoms. The van der Waals surface area contributed by atoms with Crippen molar-refractivity contribution >= 4 is 11.0 Å². The van der Waals surface area contributed by atoms with Gasteiger partial charge < -0.3 is 4.74 Å². The summed E-state index contributed by atoms with van der Waals surface area (Å²) < 4.78 is 11.2. The van der Waals surface area contributed by atoms with Crippen molar-refractivity contribution in [3.8, 4) is 17.1 Å². The van der Waals surface area contributed by atoms with Crippen LogP contribution in [0.3, 0.4) is 0 Å². The van der Waals surface area contributed by atoms with Gasteiger partial charge in [0.05, 0.1) is 24.1 Å². The first-order valence-corrected chi connectivity index (χ1v) is 6.25. The largest absolute Gasteiger partial charge is 0.496 e. The highest BCUT2D eigenvalue weighted by molar-refractivity contribution is 5.83. The summed E-state index contributed by atoms with van der Waals surface area (Å²) in [6, 6.07) is 18.1. The molecular weight excluding hydrogens is 236 g/mol. The second kappa shape index (κ2) is 4.73. The molecule has 0 bridgehead atoms. The van der Waals surface area contributed by atoms with Crippen LogP contribution in [0.25, 0.3) is 22.3 Å². The van der Waals surface area contributed by atoms with Crippen LogP contribution in [0.5, 0.6) is 5.75 Å². The third kappa shape index (κ3) is 2.17. The Bertz CT molecular complexity index is 718. The van der Waals surface area contributed by atoms with E-state index in [1.807, 2.05) is 48.5 Å². The van der Waals surface area contributed by atoms with Gasteiger partial charge in [0.15, 0.2) is 0 Å². The minimum atomic E-state index is 0.806. The van der Waals surface area contributed by atoms with E-state index in [1.54, 1.807) is 7.11 Å². The van der Waals surface area contributed by atoms with Gasteiger partial charge in [0.25, 0.3) is 0 Å². The molecule has 19 heavy (non-hydrogen) atoms. The molecule has 0 radical (unpaired) electrons. The summed E-state index contributed by atoms with van der Waals surface area (Å²) in [5.74, 6) is 1.68. The number of rotatable bonds is 2. The maximum atomic E-state index is 5.99. The van der Waals surface area contributed by atoms with Crippen LogP contribution in [-0.4, -0.2) is 7.11 Å². The molecule has 0 saturated carbocycles. The quantitative estimate of drug-likeness (QED) is 0.615. The zero-order chi connectivity index (χ0) is 13.2. The Morgan fingerprint density at radius 1 is 0.947 bits per heavy atom. The lowest BCUT2D eigenvalue weighted by atomic mass is 10.1. The third-order valence-corrected chi connectivity index (χ3v) is 3.24. The standard InChI is InChI=1S/C17H15O2/c1-12-10-16(13-6-4-3-5-7-13)19-17-11-14(18-2)8-9-15(12)17/h3-11H,1-2H3/q+1. The van der Waals surface area contributed by atoms with E-state index in [0.717, 1.165) is 28.0 Å². The van der Waals surface area contributed by atoms with Crippen molar-refractivity contribution in [1.82, 2.24) is 0 Å². The minimum Gasteiger partial charge on any atom is -0.496 e. The molecule has 0 N–H and O–H groups in total. The molecule has 0 saturated heterocycles. The predicted molar refractivity (Wildman–Crippen MR) is 77.3 cm³/mol. The molecule has 0 unspecified atom stereocenters. The van der Waals surface area contributed by atoms with Crippen molar-refractivity contribution in [3.05, 3.63) is 60.2 Å². The number of fused-ring (bicyclic) bond motifs is 1. The topological polar surface area (TPSA) is 20.5 Å². The lowest BCUT2D eigenvalue weighted by molar-refractivity contribution is 0.414. The molecule has 0 aliphatic rings. The summed E-state index contributed by atoms with van der Waals surface area (Å²) in [5.41, 5.74) is 3.12. The van der Waals surface area contributed by atoms with Gasteiger partial charge in [0.2, 0.25) is 0 Å². The van der Waals surface area contributed by atoms with Crippen LogP contribution in [0, 0.1) is 6.92 Å².